The first-order valence-electron chi connectivity index (χ1n) is 6.83. The van der Waals surface area contributed by atoms with Crippen LogP contribution in [0, 0.1) is 5.92 Å². The largest absolute Gasteiger partial charge is 0.467 e. The fourth-order valence-electron chi connectivity index (χ4n) is 2.87. The first kappa shape index (κ1) is 16.2. The van der Waals surface area contributed by atoms with Crippen LogP contribution in [0.3, 0.4) is 0 Å². The summed E-state index contributed by atoms with van der Waals surface area (Å²) in [5, 5.41) is 3.25. The van der Waals surface area contributed by atoms with Crippen LogP contribution in [0.15, 0.2) is 0 Å². The van der Waals surface area contributed by atoms with Crippen molar-refractivity contribution in [1.29, 1.82) is 0 Å². The molecule has 2 aliphatic heterocycles. The van der Waals surface area contributed by atoms with E-state index < -0.39 is 0 Å². The number of hydrogen-bond donors (Lipinski definition) is 1. The Hall–Kier alpha value is -0.810. The monoisotopic (exact) mass is 290 g/mol. The average molecular weight is 291 g/mol. The number of ether oxygens (including phenoxy) is 1. The first-order chi connectivity index (χ1) is 8.74. The van der Waals surface area contributed by atoms with Crippen molar-refractivity contribution in [3.05, 3.63) is 0 Å². The van der Waals surface area contributed by atoms with Gasteiger partial charge in [-0.3, -0.25) is 4.79 Å². The van der Waals surface area contributed by atoms with E-state index in [0.29, 0.717) is 6.54 Å². The summed E-state index contributed by atoms with van der Waals surface area (Å²) in [5.41, 5.74) is 0. The van der Waals surface area contributed by atoms with E-state index in [9.17, 15) is 9.59 Å². The van der Waals surface area contributed by atoms with Crippen LogP contribution in [-0.2, 0) is 14.3 Å². The maximum Gasteiger partial charge on any atom is 0.328 e. The van der Waals surface area contributed by atoms with Gasteiger partial charge in [-0.05, 0) is 38.6 Å². The molecule has 2 aliphatic rings. The quantitative estimate of drug-likeness (QED) is 0.770. The molecule has 0 aromatic carbocycles. The average Bonchev–Trinajstić information content (AvgIpc) is 2.46. The Morgan fingerprint density at radius 3 is 2.63 bits per heavy atom. The Bertz CT molecular complexity index is 319. The molecule has 2 rings (SSSR count). The number of esters is 1. The van der Waals surface area contributed by atoms with E-state index in [0.717, 1.165) is 45.2 Å². The van der Waals surface area contributed by atoms with E-state index in [-0.39, 0.29) is 36.2 Å². The molecule has 0 aliphatic carbocycles. The lowest BCUT2D eigenvalue weighted by Crippen LogP contribution is -2.52. The van der Waals surface area contributed by atoms with E-state index >= 15 is 0 Å². The van der Waals surface area contributed by atoms with Gasteiger partial charge < -0.3 is 15.0 Å². The van der Waals surface area contributed by atoms with Gasteiger partial charge in [0.2, 0.25) is 5.91 Å². The van der Waals surface area contributed by atoms with Crippen LogP contribution in [0.5, 0.6) is 0 Å². The number of amides is 1. The fraction of sp³-hybridized carbons (Fsp3) is 0.846. The third-order valence-corrected chi connectivity index (χ3v) is 3.91. The first-order valence-corrected chi connectivity index (χ1v) is 6.83. The van der Waals surface area contributed by atoms with Crippen molar-refractivity contribution in [2.24, 2.45) is 5.92 Å². The van der Waals surface area contributed by atoms with E-state index in [1.54, 1.807) is 4.90 Å². The lowest BCUT2D eigenvalue weighted by Gasteiger charge is -2.37. The molecule has 2 heterocycles. The highest BCUT2D eigenvalue weighted by atomic mass is 35.5. The number of carbonyl (C=O) groups is 2. The van der Waals surface area contributed by atoms with E-state index in [1.807, 2.05) is 0 Å². The zero-order chi connectivity index (χ0) is 13.0. The van der Waals surface area contributed by atoms with Crippen molar-refractivity contribution in [2.75, 3.05) is 26.7 Å². The van der Waals surface area contributed by atoms with E-state index in [1.165, 1.54) is 7.11 Å². The van der Waals surface area contributed by atoms with Gasteiger partial charge in [0.15, 0.2) is 0 Å². The molecule has 1 amide bonds. The highest BCUT2D eigenvalue weighted by Gasteiger charge is 2.36. The van der Waals surface area contributed by atoms with E-state index in [2.05, 4.69) is 5.32 Å². The van der Waals surface area contributed by atoms with Crippen LogP contribution in [0.25, 0.3) is 0 Å². The summed E-state index contributed by atoms with van der Waals surface area (Å²) in [6.07, 6.45) is 4.67. The highest BCUT2D eigenvalue weighted by molar-refractivity contribution is 5.86. The molecule has 19 heavy (non-hydrogen) atoms. The second-order valence-electron chi connectivity index (χ2n) is 5.11. The molecule has 0 aromatic rings. The molecule has 5 nitrogen and oxygen atoms in total. The Balaban J connectivity index is 0.00000180. The zero-order valence-corrected chi connectivity index (χ0v) is 12.2. The van der Waals surface area contributed by atoms with Crippen LogP contribution >= 0.6 is 12.4 Å². The minimum atomic E-state index is -0.363. The van der Waals surface area contributed by atoms with E-state index in [4.69, 9.17) is 4.74 Å². The fourth-order valence-corrected chi connectivity index (χ4v) is 2.87. The summed E-state index contributed by atoms with van der Waals surface area (Å²) in [7, 11) is 1.39. The van der Waals surface area contributed by atoms with Gasteiger partial charge in [-0.15, -0.1) is 12.4 Å². The molecule has 0 saturated carbocycles. The maximum atomic E-state index is 12.5. The number of piperidine rings is 2. The van der Waals surface area contributed by atoms with Gasteiger partial charge in [0, 0.05) is 13.1 Å². The van der Waals surface area contributed by atoms with Crippen molar-refractivity contribution >= 4 is 24.3 Å². The second kappa shape index (κ2) is 7.70. The number of nitrogens with one attached hydrogen (secondary N) is 1. The molecule has 0 radical (unpaired) electrons. The van der Waals surface area contributed by atoms with Crippen molar-refractivity contribution in [1.82, 2.24) is 10.2 Å². The summed E-state index contributed by atoms with van der Waals surface area (Å²) in [6, 6.07) is -0.363. The molecule has 2 saturated heterocycles. The molecule has 2 atom stereocenters. The number of carbonyl (C=O) groups excluding carboxylic acids is 2. The van der Waals surface area contributed by atoms with Gasteiger partial charge in [0.05, 0.1) is 13.0 Å². The summed E-state index contributed by atoms with van der Waals surface area (Å²) >= 11 is 0. The minimum absolute atomic E-state index is 0. The molecular weight excluding hydrogens is 268 g/mol. The van der Waals surface area contributed by atoms with Crippen LogP contribution < -0.4 is 5.32 Å². The molecule has 2 fully saturated rings. The van der Waals surface area contributed by atoms with Crippen molar-refractivity contribution < 1.29 is 14.3 Å². The normalized spacial score (nSPS) is 27.3. The number of nitrogens with zero attached hydrogens (tertiary/aromatic N) is 1. The van der Waals surface area contributed by atoms with Crippen molar-refractivity contribution in [3.8, 4) is 0 Å². The van der Waals surface area contributed by atoms with Crippen LogP contribution in [-0.4, -0.2) is 49.6 Å². The lowest BCUT2D eigenvalue weighted by atomic mass is 9.94. The van der Waals surface area contributed by atoms with Crippen LogP contribution in [0.1, 0.15) is 32.1 Å². The smallest absolute Gasteiger partial charge is 0.328 e. The third kappa shape index (κ3) is 3.83. The molecule has 0 bridgehead atoms. The summed E-state index contributed by atoms with van der Waals surface area (Å²) in [6.45, 7) is 2.42. The minimum Gasteiger partial charge on any atom is -0.467 e. The number of hydrogen-bond acceptors (Lipinski definition) is 4. The molecule has 0 spiro atoms. The summed E-state index contributed by atoms with van der Waals surface area (Å²) in [4.78, 5) is 25.9. The predicted octanol–water partition coefficient (Wildman–Crippen LogP) is 0.962. The third-order valence-electron chi connectivity index (χ3n) is 3.91. The lowest BCUT2D eigenvalue weighted by molar-refractivity contribution is -0.156. The molecule has 0 aromatic heterocycles. The standard InChI is InChI=1S/C13H22N2O3.ClH/c1-18-13(17)11-6-2-3-8-15(11)12(16)10-5-4-7-14-9-10;/h10-11,14H,2-9H2,1H3;1H/t10-,11?;/m1./s1. The Morgan fingerprint density at radius 2 is 2.00 bits per heavy atom. The van der Waals surface area contributed by atoms with Crippen LogP contribution in [0.4, 0.5) is 0 Å². The van der Waals surface area contributed by atoms with Gasteiger partial charge in [0.25, 0.3) is 0 Å². The molecule has 1 N–H and O–H groups in total. The molecule has 6 heteroatoms. The Kier molecular flexibility index (Phi) is 6.58. The number of methoxy groups -OCH3 is 1. The predicted molar refractivity (Wildman–Crippen MR) is 74.2 cm³/mol. The number of rotatable bonds is 2. The van der Waals surface area contributed by atoms with Gasteiger partial charge in [-0.2, -0.15) is 0 Å². The number of halogens is 1. The van der Waals surface area contributed by atoms with Gasteiger partial charge >= 0.3 is 5.97 Å². The number of likely N-dealkylation sites (tertiary alicyclic amines) is 1. The molecule has 110 valence electrons. The summed E-state index contributed by atoms with van der Waals surface area (Å²) < 4.78 is 4.81. The Labute approximate surface area is 120 Å². The zero-order valence-electron chi connectivity index (χ0n) is 11.4. The van der Waals surface area contributed by atoms with Crippen molar-refractivity contribution in [2.45, 2.75) is 38.1 Å². The van der Waals surface area contributed by atoms with Crippen molar-refractivity contribution in [3.63, 3.8) is 0 Å². The molecule has 1 unspecified atom stereocenters. The second-order valence-corrected chi connectivity index (χ2v) is 5.11. The Morgan fingerprint density at radius 1 is 1.21 bits per heavy atom. The van der Waals surface area contributed by atoms with Crippen LogP contribution in [0.2, 0.25) is 0 Å². The van der Waals surface area contributed by atoms with Gasteiger partial charge in [-0.25, -0.2) is 4.79 Å². The maximum absolute atomic E-state index is 12.5. The molecular formula is C13H23ClN2O3. The topological polar surface area (TPSA) is 58.6 Å². The SMILES string of the molecule is COC(=O)C1CCCCN1C(=O)[C@@H]1CCCNC1.Cl. The highest BCUT2D eigenvalue weighted by Crippen LogP contribution is 2.22. The van der Waals surface area contributed by atoms with Gasteiger partial charge in [-0.1, -0.05) is 0 Å². The van der Waals surface area contributed by atoms with Gasteiger partial charge in [0.1, 0.15) is 6.04 Å². The summed E-state index contributed by atoms with van der Waals surface area (Å²) in [5.74, 6) is -0.117.